The Bertz CT molecular complexity index is 534. The van der Waals surface area contributed by atoms with Crippen molar-refractivity contribution < 1.29 is 24.3 Å². The first-order chi connectivity index (χ1) is 13.2. The summed E-state index contributed by atoms with van der Waals surface area (Å²) in [6.07, 6.45) is 2.51. The van der Waals surface area contributed by atoms with Crippen LogP contribution >= 0.6 is 12.6 Å². The number of carbonyl (C=O) groups is 4. The van der Waals surface area contributed by atoms with Crippen molar-refractivity contribution in [3.8, 4) is 0 Å². The molecule has 0 heterocycles. The lowest BCUT2D eigenvalue weighted by Crippen LogP contribution is -2.56. The zero-order valence-electron chi connectivity index (χ0n) is 16.4. The van der Waals surface area contributed by atoms with Crippen molar-refractivity contribution in [1.29, 1.82) is 0 Å². The molecule has 0 aliphatic heterocycles. The van der Waals surface area contributed by atoms with Crippen LogP contribution in [-0.4, -0.2) is 65.8 Å². The van der Waals surface area contributed by atoms with Crippen molar-refractivity contribution in [3.63, 3.8) is 0 Å². The Labute approximate surface area is 171 Å². The molecule has 11 heteroatoms. The van der Waals surface area contributed by atoms with Gasteiger partial charge in [0.15, 0.2) is 0 Å². The molecular weight excluding hydrogens is 386 g/mol. The molecule has 4 atom stereocenters. The second-order valence-corrected chi connectivity index (χ2v) is 6.99. The van der Waals surface area contributed by atoms with Gasteiger partial charge in [0.25, 0.3) is 0 Å². The normalized spacial score (nSPS) is 15.0. The van der Waals surface area contributed by atoms with Crippen molar-refractivity contribution in [3.05, 3.63) is 0 Å². The first-order valence-electron chi connectivity index (χ1n) is 9.34. The predicted molar refractivity (Wildman–Crippen MR) is 109 cm³/mol. The highest BCUT2D eigenvalue weighted by molar-refractivity contribution is 7.80. The fraction of sp³-hybridized carbons (Fsp3) is 0.765. The second kappa shape index (κ2) is 14.2. The summed E-state index contributed by atoms with van der Waals surface area (Å²) in [5.41, 5.74) is 11.1. The molecule has 0 spiro atoms. The van der Waals surface area contributed by atoms with Crippen molar-refractivity contribution in [2.75, 3.05) is 18.8 Å². The number of aliphatic carboxylic acids is 1. The standard InChI is InChI=1S/C17H33N5O5S/c1-3-10(2)14(16(25)21-12(9-28)17(26)27)22-13(23)8-20-15(24)11(19)6-4-5-7-18/h10-12,14,28H,3-9,18-19H2,1-2H3,(H,20,24)(H,21,25)(H,22,23)(H,26,27). The molecule has 10 nitrogen and oxygen atoms in total. The highest BCUT2D eigenvalue weighted by Crippen LogP contribution is 2.08. The minimum absolute atomic E-state index is 0.0830. The van der Waals surface area contributed by atoms with Crippen molar-refractivity contribution >= 4 is 36.3 Å². The molecule has 162 valence electrons. The molecule has 3 amide bonds. The lowest BCUT2D eigenvalue weighted by Gasteiger charge is -2.25. The Balaban J connectivity index is 4.71. The van der Waals surface area contributed by atoms with Gasteiger partial charge in [-0.1, -0.05) is 26.7 Å². The van der Waals surface area contributed by atoms with Crippen LogP contribution in [0.5, 0.6) is 0 Å². The Morgan fingerprint density at radius 1 is 1.11 bits per heavy atom. The van der Waals surface area contributed by atoms with E-state index in [1.165, 1.54) is 0 Å². The molecule has 0 aromatic rings. The largest absolute Gasteiger partial charge is 0.480 e. The van der Waals surface area contributed by atoms with Gasteiger partial charge >= 0.3 is 5.97 Å². The number of hydrogen-bond donors (Lipinski definition) is 7. The highest BCUT2D eigenvalue weighted by Gasteiger charge is 2.29. The molecule has 0 fully saturated rings. The van der Waals surface area contributed by atoms with Crippen LogP contribution in [0.3, 0.4) is 0 Å². The number of rotatable bonds is 14. The number of nitrogens with two attached hydrogens (primary N) is 2. The van der Waals surface area contributed by atoms with E-state index in [0.29, 0.717) is 25.8 Å². The summed E-state index contributed by atoms with van der Waals surface area (Å²) in [6.45, 7) is 3.78. The molecule has 8 N–H and O–H groups in total. The minimum atomic E-state index is -1.21. The van der Waals surface area contributed by atoms with Crippen LogP contribution in [-0.2, 0) is 19.2 Å². The molecule has 4 unspecified atom stereocenters. The van der Waals surface area contributed by atoms with Gasteiger partial charge in [-0.25, -0.2) is 4.79 Å². The van der Waals surface area contributed by atoms with E-state index in [0.717, 1.165) is 6.42 Å². The zero-order chi connectivity index (χ0) is 21.7. The van der Waals surface area contributed by atoms with E-state index in [-0.39, 0.29) is 18.2 Å². The molecule has 0 aromatic heterocycles. The van der Waals surface area contributed by atoms with E-state index in [2.05, 4.69) is 28.6 Å². The van der Waals surface area contributed by atoms with Crippen molar-refractivity contribution in [1.82, 2.24) is 16.0 Å². The summed E-state index contributed by atoms with van der Waals surface area (Å²) >= 11 is 3.90. The van der Waals surface area contributed by atoms with Gasteiger partial charge in [-0.3, -0.25) is 14.4 Å². The predicted octanol–water partition coefficient (Wildman–Crippen LogP) is -1.41. The van der Waals surface area contributed by atoms with E-state index in [4.69, 9.17) is 16.6 Å². The van der Waals surface area contributed by atoms with Gasteiger partial charge in [0, 0.05) is 5.75 Å². The average Bonchev–Trinajstić information content (AvgIpc) is 2.67. The quantitative estimate of drug-likeness (QED) is 0.134. The topological polar surface area (TPSA) is 177 Å². The molecule has 0 rings (SSSR count). The number of carboxylic acid groups (broad SMARTS) is 1. The SMILES string of the molecule is CCC(C)C(NC(=O)CNC(=O)C(N)CCCCN)C(=O)NC(CS)C(=O)O. The summed E-state index contributed by atoms with van der Waals surface area (Å²) in [5.74, 6) is -3.19. The van der Waals surface area contributed by atoms with Crippen LogP contribution in [0.25, 0.3) is 0 Å². The molecule has 28 heavy (non-hydrogen) atoms. The Morgan fingerprint density at radius 2 is 1.75 bits per heavy atom. The van der Waals surface area contributed by atoms with E-state index in [1.807, 2.05) is 6.92 Å². The van der Waals surface area contributed by atoms with Crippen LogP contribution in [0.1, 0.15) is 39.5 Å². The van der Waals surface area contributed by atoms with Gasteiger partial charge in [-0.2, -0.15) is 12.6 Å². The van der Waals surface area contributed by atoms with Gasteiger partial charge in [0.05, 0.1) is 12.6 Å². The average molecular weight is 420 g/mol. The van der Waals surface area contributed by atoms with Gasteiger partial charge < -0.3 is 32.5 Å². The molecule has 0 saturated carbocycles. The number of nitrogens with one attached hydrogen (secondary N) is 3. The van der Waals surface area contributed by atoms with Gasteiger partial charge in [0.2, 0.25) is 17.7 Å². The summed E-state index contributed by atoms with van der Waals surface area (Å²) in [5, 5.41) is 16.4. The Kier molecular flexibility index (Phi) is 13.3. The van der Waals surface area contributed by atoms with E-state index in [9.17, 15) is 19.2 Å². The summed E-state index contributed by atoms with van der Waals surface area (Å²) in [6, 6.07) is -2.83. The van der Waals surface area contributed by atoms with E-state index in [1.54, 1.807) is 6.92 Å². The maximum atomic E-state index is 12.4. The van der Waals surface area contributed by atoms with Crippen molar-refractivity contribution in [2.24, 2.45) is 17.4 Å². The zero-order valence-corrected chi connectivity index (χ0v) is 17.3. The lowest BCUT2D eigenvalue weighted by molar-refractivity contribution is -0.141. The summed E-state index contributed by atoms with van der Waals surface area (Å²) in [7, 11) is 0. The monoisotopic (exact) mass is 419 g/mol. The molecule has 0 aliphatic carbocycles. The molecule has 0 saturated heterocycles. The molecule has 0 aliphatic rings. The summed E-state index contributed by atoms with van der Waals surface area (Å²) in [4.78, 5) is 47.5. The smallest absolute Gasteiger partial charge is 0.327 e. The molecule has 0 radical (unpaired) electrons. The third kappa shape index (κ3) is 9.90. The lowest BCUT2D eigenvalue weighted by atomic mass is 9.98. The van der Waals surface area contributed by atoms with Crippen molar-refractivity contribution in [2.45, 2.75) is 57.7 Å². The van der Waals surface area contributed by atoms with Gasteiger partial charge in [0.1, 0.15) is 12.1 Å². The molecule has 0 aromatic carbocycles. The minimum Gasteiger partial charge on any atom is -0.480 e. The number of unbranched alkanes of at least 4 members (excludes halogenated alkanes) is 1. The van der Waals surface area contributed by atoms with E-state index < -0.39 is 41.8 Å². The fourth-order valence-electron chi connectivity index (χ4n) is 2.31. The number of hydrogen-bond acceptors (Lipinski definition) is 7. The van der Waals surface area contributed by atoms with Gasteiger partial charge in [-0.05, 0) is 25.3 Å². The fourth-order valence-corrected chi connectivity index (χ4v) is 2.56. The van der Waals surface area contributed by atoms with E-state index >= 15 is 0 Å². The van der Waals surface area contributed by atoms with Crippen LogP contribution in [0.15, 0.2) is 0 Å². The number of carbonyl (C=O) groups excluding carboxylic acids is 3. The Morgan fingerprint density at radius 3 is 2.25 bits per heavy atom. The van der Waals surface area contributed by atoms with Crippen LogP contribution in [0.2, 0.25) is 0 Å². The third-order valence-corrected chi connectivity index (χ3v) is 4.70. The maximum Gasteiger partial charge on any atom is 0.327 e. The first-order valence-corrected chi connectivity index (χ1v) is 9.97. The van der Waals surface area contributed by atoms with Crippen LogP contribution in [0.4, 0.5) is 0 Å². The van der Waals surface area contributed by atoms with Gasteiger partial charge in [-0.15, -0.1) is 0 Å². The highest BCUT2D eigenvalue weighted by atomic mass is 32.1. The number of thiol groups is 1. The third-order valence-electron chi connectivity index (χ3n) is 4.34. The first kappa shape index (κ1) is 26.1. The maximum absolute atomic E-state index is 12.4. The molecular formula is C17H33N5O5S. The summed E-state index contributed by atoms with van der Waals surface area (Å²) < 4.78 is 0. The molecule has 0 bridgehead atoms. The Hall–Kier alpha value is -1.85. The van der Waals surface area contributed by atoms with Crippen LogP contribution < -0.4 is 27.4 Å². The van der Waals surface area contributed by atoms with Crippen LogP contribution in [0, 0.1) is 5.92 Å². The second-order valence-electron chi connectivity index (χ2n) is 6.62. The number of amides is 3. The number of carboxylic acids is 1.